The van der Waals surface area contributed by atoms with Gasteiger partial charge in [-0.3, -0.25) is 9.59 Å². The lowest BCUT2D eigenvalue weighted by molar-refractivity contribution is -0.163. The van der Waals surface area contributed by atoms with E-state index in [2.05, 4.69) is 5.32 Å². The molecule has 3 atom stereocenters. The van der Waals surface area contributed by atoms with Crippen molar-refractivity contribution in [3.8, 4) is 0 Å². The van der Waals surface area contributed by atoms with Crippen LogP contribution in [0.25, 0.3) is 0 Å². The molecule has 20 heavy (non-hydrogen) atoms. The number of nitrogens with zero attached hydrogens (tertiary/aromatic N) is 1. The molecule has 2 amide bonds. The van der Waals surface area contributed by atoms with Gasteiger partial charge in [-0.15, -0.1) is 0 Å². The van der Waals surface area contributed by atoms with Crippen molar-refractivity contribution in [2.45, 2.75) is 77.1 Å². The van der Waals surface area contributed by atoms with Crippen LogP contribution in [-0.4, -0.2) is 46.5 Å². The van der Waals surface area contributed by atoms with Crippen molar-refractivity contribution in [2.24, 2.45) is 0 Å². The summed E-state index contributed by atoms with van der Waals surface area (Å²) in [5.41, 5.74) is -1.01. The van der Waals surface area contributed by atoms with Crippen LogP contribution in [0, 0.1) is 0 Å². The van der Waals surface area contributed by atoms with Gasteiger partial charge in [-0.05, 0) is 47.0 Å². The molecule has 0 bridgehead atoms. The zero-order valence-corrected chi connectivity index (χ0v) is 13.2. The highest BCUT2D eigenvalue weighted by molar-refractivity contribution is 5.99. The predicted molar refractivity (Wildman–Crippen MR) is 76.2 cm³/mol. The summed E-state index contributed by atoms with van der Waals surface area (Å²) in [6.07, 6.45) is 2.18. The molecule has 0 saturated carbocycles. The number of carbonyl (C=O) groups is 2. The maximum absolute atomic E-state index is 12.8. The first-order valence-corrected chi connectivity index (χ1v) is 7.49. The molecule has 2 saturated heterocycles. The van der Waals surface area contributed by atoms with Crippen LogP contribution in [0.2, 0.25) is 0 Å². The molecule has 2 fully saturated rings. The van der Waals surface area contributed by atoms with Crippen LogP contribution in [0.15, 0.2) is 0 Å². The van der Waals surface area contributed by atoms with Crippen molar-refractivity contribution < 1.29 is 14.3 Å². The summed E-state index contributed by atoms with van der Waals surface area (Å²) in [6, 6.07) is -0.320. The Balaban J connectivity index is 2.27. The number of ether oxygens (including phenoxy) is 1. The van der Waals surface area contributed by atoms with Gasteiger partial charge in [-0.1, -0.05) is 6.92 Å². The first-order valence-electron chi connectivity index (χ1n) is 7.49. The molecule has 5 nitrogen and oxygen atoms in total. The molecule has 3 unspecified atom stereocenters. The average molecular weight is 282 g/mol. The Kier molecular flexibility index (Phi) is 3.84. The third kappa shape index (κ3) is 2.55. The van der Waals surface area contributed by atoms with Gasteiger partial charge in [-0.2, -0.15) is 0 Å². The number of nitrogens with one attached hydrogen (secondary N) is 1. The molecule has 0 aliphatic carbocycles. The van der Waals surface area contributed by atoms with E-state index in [1.807, 2.05) is 34.6 Å². The second-order valence-corrected chi connectivity index (χ2v) is 6.82. The summed E-state index contributed by atoms with van der Waals surface area (Å²) in [7, 11) is 0. The molecular formula is C15H26N2O3. The third-order valence-corrected chi connectivity index (χ3v) is 4.67. The zero-order valence-electron chi connectivity index (χ0n) is 13.2. The van der Waals surface area contributed by atoms with Gasteiger partial charge in [0.15, 0.2) is 0 Å². The minimum absolute atomic E-state index is 0.0369. The number of piperazine rings is 1. The molecule has 0 aromatic rings. The van der Waals surface area contributed by atoms with Gasteiger partial charge >= 0.3 is 0 Å². The highest BCUT2D eigenvalue weighted by atomic mass is 16.5. The fraction of sp³-hybridized carbons (Fsp3) is 0.867. The van der Waals surface area contributed by atoms with E-state index in [4.69, 9.17) is 4.74 Å². The lowest BCUT2D eigenvalue weighted by Gasteiger charge is -2.49. The van der Waals surface area contributed by atoms with Gasteiger partial charge in [0.2, 0.25) is 11.8 Å². The van der Waals surface area contributed by atoms with E-state index in [1.165, 1.54) is 0 Å². The van der Waals surface area contributed by atoms with E-state index in [1.54, 1.807) is 4.90 Å². The summed E-state index contributed by atoms with van der Waals surface area (Å²) in [4.78, 5) is 26.8. The molecule has 2 heterocycles. The van der Waals surface area contributed by atoms with Crippen molar-refractivity contribution in [3.63, 3.8) is 0 Å². The monoisotopic (exact) mass is 282 g/mol. The van der Waals surface area contributed by atoms with Gasteiger partial charge in [0.1, 0.15) is 11.6 Å². The van der Waals surface area contributed by atoms with Gasteiger partial charge in [0.05, 0.1) is 5.60 Å². The first-order chi connectivity index (χ1) is 9.20. The molecule has 2 rings (SSSR count). The minimum atomic E-state index is -0.772. The SMILES string of the molecule is CCC1(C)NC(=O)C(C)N(C2CCOC(C)(C)C2)C1=O. The summed E-state index contributed by atoms with van der Waals surface area (Å²) in [5.74, 6) is -0.0203. The van der Waals surface area contributed by atoms with Crippen LogP contribution in [0.1, 0.15) is 53.9 Å². The third-order valence-electron chi connectivity index (χ3n) is 4.67. The van der Waals surface area contributed by atoms with Crippen LogP contribution in [-0.2, 0) is 14.3 Å². The van der Waals surface area contributed by atoms with E-state index in [0.29, 0.717) is 13.0 Å². The number of hydrogen-bond acceptors (Lipinski definition) is 3. The van der Waals surface area contributed by atoms with E-state index in [-0.39, 0.29) is 23.5 Å². The van der Waals surface area contributed by atoms with E-state index in [9.17, 15) is 9.59 Å². The molecule has 0 spiro atoms. The largest absolute Gasteiger partial charge is 0.375 e. The maximum atomic E-state index is 12.8. The summed E-state index contributed by atoms with van der Waals surface area (Å²) in [6.45, 7) is 10.3. The highest BCUT2D eigenvalue weighted by Gasteiger charge is 2.49. The van der Waals surface area contributed by atoms with Crippen LogP contribution in [0.4, 0.5) is 0 Å². The van der Waals surface area contributed by atoms with Gasteiger partial charge in [-0.25, -0.2) is 0 Å². The highest BCUT2D eigenvalue weighted by Crippen LogP contribution is 2.32. The predicted octanol–water partition coefficient (Wildman–Crippen LogP) is 1.46. The van der Waals surface area contributed by atoms with Crippen molar-refractivity contribution >= 4 is 11.8 Å². The second-order valence-electron chi connectivity index (χ2n) is 6.82. The van der Waals surface area contributed by atoms with Crippen LogP contribution >= 0.6 is 0 Å². The molecule has 1 N–H and O–H groups in total. The summed E-state index contributed by atoms with van der Waals surface area (Å²) in [5, 5.41) is 2.87. The topological polar surface area (TPSA) is 58.6 Å². The van der Waals surface area contributed by atoms with Gasteiger partial charge < -0.3 is 15.0 Å². The Morgan fingerprint density at radius 2 is 2.00 bits per heavy atom. The lowest BCUT2D eigenvalue weighted by atomic mass is 9.86. The number of carbonyl (C=O) groups excluding carboxylic acids is 2. The molecule has 0 aromatic carbocycles. The Bertz CT molecular complexity index is 421. The fourth-order valence-electron chi connectivity index (χ4n) is 3.18. The number of rotatable bonds is 2. The number of amides is 2. The first kappa shape index (κ1) is 15.3. The van der Waals surface area contributed by atoms with E-state index < -0.39 is 11.6 Å². The molecule has 0 radical (unpaired) electrons. The van der Waals surface area contributed by atoms with Crippen molar-refractivity contribution in [1.82, 2.24) is 10.2 Å². The normalized spacial score (nSPS) is 37.8. The second kappa shape index (κ2) is 5.02. The Morgan fingerprint density at radius 3 is 2.55 bits per heavy atom. The van der Waals surface area contributed by atoms with Crippen molar-refractivity contribution in [2.75, 3.05) is 6.61 Å². The summed E-state index contributed by atoms with van der Waals surface area (Å²) >= 11 is 0. The quantitative estimate of drug-likeness (QED) is 0.834. The molecule has 2 aliphatic heterocycles. The average Bonchev–Trinajstić information content (AvgIpc) is 2.36. The van der Waals surface area contributed by atoms with Crippen molar-refractivity contribution in [1.29, 1.82) is 0 Å². The van der Waals surface area contributed by atoms with Crippen molar-refractivity contribution in [3.05, 3.63) is 0 Å². The van der Waals surface area contributed by atoms with E-state index in [0.717, 1.165) is 12.8 Å². The van der Waals surface area contributed by atoms with Crippen LogP contribution < -0.4 is 5.32 Å². The maximum Gasteiger partial charge on any atom is 0.248 e. The van der Waals surface area contributed by atoms with E-state index >= 15 is 0 Å². The Hall–Kier alpha value is -1.10. The Morgan fingerprint density at radius 1 is 1.35 bits per heavy atom. The molecular weight excluding hydrogens is 256 g/mol. The van der Waals surface area contributed by atoms with Gasteiger partial charge in [0.25, 0.3) is 0 Å². The summed E-state index contributed by atoms with van der Waals surface area (Å²) < 4.78 is 5.72. The molecule has 0 aromatic heterocycles. The lowest BCUT2D eigenvalue weighted by Crippen LogP contribution is -2.71. The smallest absolute Gasteiger partial charge is 0.248 e. The Labute approximate surface area is 121 Å². The van der Waals surface area contributed by atoms with Crippen LogP contribution in [0.3, 0.4) is 0 Å². The number of hydrogen-bond donors (Lipinski definition) is 1. The van der Waals surface area contributed by atoms with Gasteiger partial charge in [0, 0.05) is 12.6 Å². The van der Waals surface area contributed by atoms with Crippen LogP contribution in [0.5, 0.6) is 0 Å². The molecule has 114 valence electrons. The zero-order chi connectivity index (χ0) is 15.1. The fourth-order valence-corrected chi connectivity index (χ4v) is 3.18. The molecule has 2 aliphatic rings. The molecule has 5 heteroatoms. The minimum Gasteiger partial charge on any atom is -0.375 e. The standard InChI is InChI=1S/C15H26N2O3/c1-6-15(5)13(19)17(10(2)12(18)16-15)11-7-8-20-14(3,4)9-11/h10-11H,6-9H2,1-5H3,(H,16,18).